The van der Waals surface area contributed by atoms with Crippen LogP contribution in [0.5, 0.6) is 0 Å². The van der Waals surface area contributed by atoms with Gasteiger partial charge >= 0.3 is 0 Å². The van der Waals surface area contributed by atoms with Crippen LogP contribution in [0.2, 0.25) is 0 Å². The van der Waals surface area contributed by atoms with Crippen LogP contribution in [0.3, 0.4) is 0 Å². The molecule has 0 bridgehead atoms. The molecule has 1 heterocycles. The van der Waals surface area contributed by atoms with E-state index in [1.807, 2.05) is 24.3 Å². The Kier molecular flexibility index (Phi) is 3.46. The van der Waals surface area contributed by atoms with Gasteiger partial charge in [0.05, 0.1) is 6.61 Å². The van der Waals surface area contributed by atoms with Crippen LogP contribution < -0.4 is 5.32 Å². The number of anilines is 1. The topological polar surface area (TPSA) is 58.0 Å². The predicted octanol–water partition coefficient (Wildman–Crippen LogP) is 1.58. The molecule has 4 nitrogen and oxygen atoms in total. The first-order chi connectivity index (χ1) is 7.88. The van der Waals surface area contributed by atoms with Crippen LogP contribution in [0, 0.1) is 0 Å². The van der Waals surface area contributed by atoms with Gasteiger partial charge in [0.1, 0.15) is 6.33 Å². The number of nitrogens with one attached hydrogen (secondary N) is 1. The van der Waals surface area contributed by atoms with Gasteiger partial charge in [0.15, 0.2) is 0 Å². The zero-order valence-corrected chi connectivity index (χ0v) is 8.80. The molecule has 4 heteroatoms. The first-order valence-electron chi connectivity index (χ1n) is 5.06. The van der Waals surface area contributed by atoms with E-state index >= 15 is 0 Å². The van der Waals surface area contributed by atoms with Gasteiger partial charge in [-0.05, 0) is 17.7 Å². The number of aliphatic hydroxyl groups excluding tert-OH is 1. The fourth-order valence-corrected chi connectivity index (χ4v) is 1.41. The monoisotopic (exact) mass is 215 g/mol. The summed E-state index contributed by atoms with van der Waals surface area (Å²) in [5, 5.41) is 12.2. The van der Waals surface area contributed by atoms with Crippen molar-refractivity contribution in [3.8, 4) is 0 Å². The van der Waals surface area contributed by atoms with Gasteiger partial charge in [0.25, 0.3) is 0 Å². The van der Waals surface area contributed by atoms with Gasteiger partial charge in [-0.2, -0.15) is 0 Å². The van der Waals surface area contributed by atoms with Gasteiger partial charge in [-0.25, -0.2) is 9.97 Å². The molecule has 0 aliphatic heterocycles. The van der Waals surface area contributed by atoms with Crippen LogP contribution >= 0.6 is 0 Å². The summed E-state index contributed by atoms with van der Waals surface area (Å²) in [6, 6.07) is 7.68. The van der Waals surface area contributed by atoms with Crippen LogP contribution in [-0.2, 0) is 13.2 Å². The van der Waals surface area contributed by atoms with Crippen LogP contribution in [0.1, 0.15) is 11.1 Å². The minimum absolute atomic E-state index is 0.0595. The predicted molar refractivity (Wildman–Crippen MR) is 61.7 cm³/mol. The van der Waals surface area contributed by atoms with Crippen LogP contribution in [-0.4, -0.2) is 15.1 Å². The fraction of sp³-hybridized carbons (Fsp3) is 0.167. The Morgan fingerprint density at radius 1 is 1.12 bits per heavy atom. The molecule has 0 spiro atoms. The Morgan fingerprint density at radius 2 is 1.94 bits per heavy atom. The normalized spacial score (nSPS) is 10.1. The maximum Gasteiger partial charge on any atom is 0.115 e. The number of aliphatic hydroxyl groups is 1. The van der Waals surface area contributed by atoms with E-state index < -0.39 is 0 Å². The third-order valence-corrected chi connectivity index (χ3v) is 2.22. The first kappa shape index (κ1) is 10.6. The lowest BCUT2D eigenvalue weighted by Crippen LogP contribution is -2.00. The second kappa shape index (κ2) is 5.23. The lowest BCUT2D eigenvalue weighted by atomic mass is 10.2. The van der Waals surface area contributed by atoms with Crippen molar-refractivity contribution in [3.63, 3.8) is 0 Å². The largest absolute Gasteiger partial charge is 0.392 e. The van der Waals surface area contributed by atoms with E-state index in [4.69, 9.17) is 5.11 Å². The molecule has 0 amide bonds. The summed E-state index contributed by atoms with van der Waals surface area (Å²) >= 11 is 0. The van der Waals surface area contributed by atoms with Crippen molar-refractivity contribution in [2.75, 3.05) is 5.32 Å². The Morgan fingerprint density at radius 3 is 2.69 bits per heavy atom. The van der Waals surface area contributed by atoms with Crippen molar-refractivity contribution in [1.82, 2.24) is 9.97 Å². The Bertz CT molecular complexity index is 445. The van der Waals surface area contributed by atoms with Gasteiger partial charge in [-0.3, -0.25) is 0 Å². The minimum atomic E-state index is 0.0595. The molecule has 0 saturated carbocycles. The Labute approximate surface area is 94.0 Å². The maximum atomic E-state index is 9.00. The van der Waals surface area contributed by atoms with Crippen LogP contribution in [0.4, 0.5) is 5.69 Å². The zero-order valence-electron chi connectivity index (χ0n) is 8.80. The minimum Gasteiger partial charge on any atom is -0.392 e. The molecule has 0 aliphatic carbocycles. The van der Waals surface area contributed by atoms with E-state index in [-0.39, 0.29) is 6.61 Å². The standard InChI is InChI=1S/C12H13N3O/c16-8-10-2-1-3-12(4-10)15-7-11-5-13-9-14-6-11/h1-6,9,15-16H,7-8H2. The number of hydrogen-bond donors (Lipinski definition) is 2. The molecule has 16 heavy (non-hydrogen) atoms. The molecule has 1 aromatic carbocycles. The summed E-state index contributed by atoms with van der Waals surface area (Å²) in [4.78, 5) is 7.88. The molecule has 0 aliphatic rings. The van der Waals surface area contributed by atoms with Gasteiger partial charge in [0, 0.05) is 30.2 Å². The van der Waals surface area contributed by atoms with Crippen molar-refractivity contribution < 1.29 is 5.11 Å². The van der Waals surface area contributed by atoms with Crippen molar-refractivity contribution in [2.24, 2.45) is 0 Å². The molecule has 0 atom stereocenters. The zero-order chi connectivity index (χ0) is 11.2. The van der Waals surface area contributed by atoms with E-state index in [1.54, 1.807) is 12.4 Å². The van der Waals surface area contributed by atoms with Crippen LogP contribution in [0.15, 0.2) is 43.0 Å². The van der Waals surface area contributed by atoms with Crippen LogP contribution in [0.25, 0.3) is 0 Å². The highest BCUT2D eigenvalue weighted by Crippen LogP contribution is 2.11. The molecule has 2 N–H and O–H groups in total. The highest BCUT2D eigenvalue weighted by Gasteiger charge is 1.95. The molecule has 0 radical (unpaired) electrons. The molecule has 0 unspecified atom stereocenters. The van der Waals surface area contributed by atoms with E-state index in [1.165, 1.54) is 6.33 Å². The summed E-state index contributed by atoms with van der Waals surface area (Å²) in [7, 11) is 0. The van der Waals surface area contributed by atoms with Gasteiger partial charge in [-0.1, -0.05) is 12.1 Å². The van der Waals surface area contributed by atoms with E-state index in [0.29, 0.717) is 6.54 Å². The fourth-order valence-electron chi connectivity index (χ4n) is 1.41. The highest BCUT2D eigenvalue weighted by molar-refractivity contribution is 5.45. The number of rotatable bonds is 4. The Hall–Kier alpha value is -1.94. The maximum absolute atomic E-state index is 9.00. The van der Waals surface area contributed by atoms with E-state index in [0.717, 1.165) is 16.8 Å². The Balaban J connectivity index is 1.99. The van der Waals surface area contributed by atoms with Gasteiger partial charge < -0.3 is 10.4 Å². The second-order valence-corrected chi connectivity index (χ2v) is 3.46. The van der Waals surface area contributed by atoms with Gasteiger partial charge in [0.2, 0.25) is 0 Å². The third kappa shape index (κ3) is 2.77. The molecule has 2 aromatic rings. The number of benzene rings is 1. The summed E-state index contributed by atoms with van der Waals surface area (Å²) in [5.74, 6) is 0. The van der Waals surface area contributed by atoms with E-state index in [2.05, 4.69) is 15.3 Å². The molecule has 0 saturated heterocycles. The summed E-state index contributed by atoms with van der Waals surface area (Å²) < 4.78 is 0. The highest BCUT2D eigenvalue weighted by atomic mass is 16.3. The second-order valence-electron chi connectivity index (χ2n) is 3.46. The lowest BCUT2D eigenvalue weighted by molar-refractivity contribution is 0.282. The van der Waals surface area contributed by atoms with E-state index in [9.17, 15) is 0 Å². The smallest absolute Gasteiger partial charge is 0.115 e. The number of hydrogen-bond acceptors (Lipinski definition) is 4. The summed E-state index contributed by atoms with van der Waals surface area (Å²) in [6.07, 6.45) is 5.06. The third-order valence-electron chi connectivity index (χ3n) is 2.22. The molecular weight excluding hydrogens is 202 g/mol. The first-order valence-corrected chi connectivity index (χ1v) is 5.06. The van der Waals surface area contributed by atoms with Gasteiger partial charge in [-0.15, -0.1) is 0 Å². The summed E-state index contributed by atoms with van der Waals surface area (Å²) in [6.45, 7) is 0.736. The average molecular weight is 215 g/mol. The SMILES string of the molecule is OCc1cccc(NCc2cncnc2)c1. The quantitative estimate of drug-likeness (QED) is 0.813. The van der Waals surface area contributed by atoms with Crippen molar-refractivity contribution in [2.45, 2.75) is 13.2 Å². The average Bonchev–Trinajstić information content (AvgIpc) is 2.38. The summed E-state index contributed by atoms with van der Waals surface area (Å²) in [5.41, 5.74) is 2.90. The lowest BCUT2D eigenvalue weighted by Gasteiger charge is -2.06. The molecule has 0 fully saturated rings. The number of nitrogens with zero attached hydrogens (tertiary/aromatic N) is 2. The molecule has 2 rings (SSSR count). The number of aromatic nitrogens is 2. The van der Waals surface area contributed by atoms with Crippen molar-refractivity contribution in [1.29, 1.82) is 0 Å². The van der Waals surface area contributed by atoms with Crippen molar-refractivity contribution in [3.05, 3.63) is 54.1 Å². The molecule has 1 aromatic heterocycles. The van der Waals surface area contributed by atoms with Crippen molar-refractivity contribution >= 4 is 5.69 Å². The molecular formula is C12H13N3O. The molecule has 82 valence electrons.